The molecule has 0 spiro atoms. The molecule has 0 aliphatic rings. The monoisotopic (exact) mass is 314 g/mol. The maximum absolute atomic E-state index is 11.4. The Bertz CT molecular complexity index is 577. The number of hydrogen-bond donors (Lipinski definition) is 3. The molecule has 0 fully saturated rings. The predicted molar refractivity (Wildman–Crippen MR) is 76.2 cm³/mol. The van der Waals surface area contributed by atoms with Crippen LogP contribution < -0.4 is 0 Å². The van der Waals surface area contributed by atoms with Gasteiger partial charge in [-0.1, -0.05) is 20.8 Å². The van der Waals surface area contributed by atoms with Crippen LogP contribution in [-0.2, 0) is 25.2 Å². The Balaban J connectivity index is 4.16. The molecule has 0 aliphatic heterocycles. The second-order valence-corrected chi connectivity index (χ2v) is 4.72. The van der Waals surface area contributed by atoms with Crippen LogP contribution in [0.25, 0.3) is 0 Å². The van der Waals surface area contributed by atoms with Crippen LogP contribution in [0.15, 0.2) is 0 Å². The molecule has 1 aromatic carbocycles. The van der Waals surface area contributed by atoms with Gasteiger partial charge < -0.3 is 15.3 Å². The standard InChI is InChI=1S/C13H18N2O7/c1-4-7-10(13(16,17)18)8(5-2)12(15(21)22)9(6-3)11(7)14(19)20/h16-18H,4-6H2,1-3H3. The van der Waals surface area contributed by atoms with Crippen LogP contribution in [0, 0.1) is 20.2 Å². The van der Waals surface area contributed by atoms with E-state index in [1.807, 2.05) is 0 Å². The summed E-state index contributed by atoms with van der Waals surface area (Å²) in [5, 5.41) is 51.4. The Kier molecular flexibility index (Phi) is 5.17. The molecule has 0 atom stereocenters. The van der Waals surface area contributed by atoms with Gasteiger partial charge in [0, 0.05) is 11.1 Å². The quantitative estimate of drug-likeness (QED) is 0.407. The lowest BCUT2D eigenvalue weighted by Crippen LogP contribution is -2.29. The molecule has 0 radical (unpaired) electrons. The molecule has 0 saturated carbocycles. The topological polar surface area (TPSA) is 147 Å². The van der Waals surface area contributed by atoms with E-state index in [4.69, 9.17) is 0 Å². The highest BCUT2D eigenvalue weighted by molar-refractivity contribution is 5.67. The van der Waals surface area contributed by atoms with Gasteiger partial charge in [-0.15, -0.1) is 0 Å². The fourth-order valence-corrected chi connectivity index (χ4v) is 2.76. The number of nitro benzene ring substituents is 2. The van der Waals surface area contributed by atoms with E-state index in [0.29, 0.717) is 0 Å². The maximum atomic E-state index is 11.4. The third-order valence-corrected chi connectivity index (χ3v) is 3.51. The lowest BCUT2D eigenvalue weighted by Gasteiger charge is -2.23. The van der Waals surface area contributed by atoms with Crippen molar-refractivity contribution in [2.24, 2.45) is 0 Å². The number of nitro groups is 2. The SMILES string of the molecule is CCc1c([N+](=O)[O-])c(CC)c(C(O)(O)O)c(CC)c1[N+](=O)[O-]. The first-order valence-electron chi connectivity index (χ1n) is 6.78. The van der Waals surface area contributed by atoms with Crippen molar-refractivity contribution >= 4 is 11.4 Å². The van der Waals surface area contributed by atoms with Crippen LogP contribution in [0.2, 0.25) is 0 Å². The second-order valence-electron chi connectivity index (χ2n) is 4.72. The first kappa shape index (κ1) is 18.0. The van der Waals surface area contributed by atoms with E-state index in [1.165, 1.54) is 20.8 Å². The zero-order chi connectivity index (χ0) is 17.2. The van der Waals surface area contributed by atoms with E-state index in [0.717, 1.165) is 0 Å². The summed E-state index contributed by atoms with van der Waals surface area (Å²) in [7, 11) is 0. The van der Waals surface area contributed by atoms with Crippen molar-refractivity contribution in [1.29, 1.82) is 0 Å². The van der Waals surface area contributed by atoms with Crippen molar-refractivity contribution in [1.82, 2.24) is 0 Å². The minimum Gasteiger partial charge on any atom is -0.340 e. The average Bonchev–Trinajstić information content (AvgIpc) is 2.41. The molecule has 0 saturated heterocycles. The Morgan fingerprint density at radius 2 is 1.14 bits per heavy atom. The zero-order valence-corrected chi connectivity index (χ0v) is 12.5. The molecule has 1 rings (SSSR count). The van der Waals surface area contributed by atoms with Gasteiger partial charge in [-0.25, -0.2) is 0 Å². The Morgan fingerprint density at radius 1 is 0.818 bits per heavy atom. The van der Waals surface area contributed by atoms with Gasteiger partial charge in [0.2, 0.25) is 0 Å². The summed E-state index contributed by atoms with van der Waals surface area (Å²) in [5.41, 5.74) is -1.99. The van der Waals surface area contributed by atoms with Crippen LogP contribution in [0.1, 0.15) is 43.0 Å². The molecule has 9 heteroatoms. The molecule has 0 amide bonds. The molecule has 22 heavy (non-hydrogen) atoms. The molecule has 0 heterocycles. The smallest absolute Gasteiger partial charge is 0.305 e. The van der Waals surface area contributed by atoms with Gasteiger partial charge in [-0.05, 0) is 19.3 Å². The minimum absolute atomic E-state index is 0.00701. The molecule has 0 bridgehead atoms. The van der Waals surface area contributed by atoms with E-state index in [-0.39, 0.29) is 36.0 Å². The summed E-state index contributed by atoms with van der Waals surface area (Å²) >= 11 is 0. The van der Waals surface area contributed by atoms with Gasteiger partial charge in [0.05, 0.1) is 15.4 Å². The van der Waals surface area contributed by atoms with Crippen LogP contribution in [0.5, 0.6) is 0 Å². The number of nitrogens with zero attached hydrogens (tertiary/aromatic N) is 2. The normalized spacial score (nSPS) is 11.5. The van der Waals surface area contributed by atoms with Crippen molar-refractivity contribution in [3.8, 4) is 0 Å². The third-order valence-electron chi connectivity index (χ3n) is 3.51. The first-order chi connectivity index (χ1) is 10.1. The van der Waals surface area contributed by atoms with Crippen LogP contribution in [0.4, 0.5) is 11.4 Å². The highest BCUT2D eigenvalue weighted by Gasteiger charge is 2.40. The van der Waals surface area contributed by atoms with Gasteiger partial charge in [0.25, 0.3) is 11.4 Å². The largest absolute Gasteiger partial charge is 0.340 e. The lowest BCUT2D eigenvalue weighted by molar-refractivity contribution is -0.397. The van der Waals surface area contributed by atoms with Crippen molar-refractivity contribution < 1.29 is 25.2 Å². The molecule has 1 aromatic rings. The molecule has 3 N–H and O–H groups in total. The van der Waals surface area contributed by atoms with Gasteiger partial charge in [0.1, 0.15) is 5.56 Å². The molecule has 0 unspecified atom stereocenters. The summed E-state index contributed by atoms with van der Waals surface area (Å²) in [4.78, 5) is 21.1. The molecular formula is C13H18N2O7. The van der Waals surface area contributed by atoms with Crippen LogP contribution in [-0.4, -0.2) is 25.2 Å². The second kappa shape index (κ2) is 6.34. The van der Waals surface area contributed by atoms with E-state index in [2.05, 4.69) is 0 Å². The van der Waals surface area contributed by atoms with Crippen molar-refractivity contribution in [3.05, 3.63) is 42.5 Å². The van der Waals surface area contributed by atoms with E-state index >= 15 is 0 Å². The van der Waals surface area contributed by atoms with Crippen molar-refractivity contribution in [2.75, 3.05) is 0 Å². The van der Waals surface area contributed by atoms with Gasteiger partial charge in [0.15, 0.2) is 0 Å². The van der Waals surface area contributed by atoms with Crippen LogP contribution in [0.3, 0.4) is 0 Å². The highest BCUT2D eigenvalue weighted by Crippen LogP contribution is 2.42. The zero-order valence-electron chi connectivity index (χ0n) is 12.5. The lowest BCUT2D eigenvalue weighted by atomic mass is 9.88. The number of hydrogen-bond acceptors (Lipinski definition) is 7. The summed E-state index contributed by atoms with van der Waals surface area (Å²) in [6, 6.07) is 0. The van der Waals surface area contributed by atoms with Crippen molar-refractivity contribution in [2.45, 2.75) is 46.0 Å². The first-order valence-corrected chi connectivity index (χ1v) is 6.78. The Labute approximate surface area is 126 Å². The average molecular weight is 314 g/mol. The Hall–Kier alpha value is -2.10. The van der Waals surface area contributed by atoms with Gasteiger partial charge in [-0.3, -0.25) is 20.2 Å². The maximum Gasteiger partial charge on any atom is 0.305 e. The number of benzene rings is 1. The molecule has 9 nitrogen and oxygen atoms in total. The van der Waals surface area contributed by atoms with Gasteiger partial charge >= 0.3 is 5.97 Å². The highest BCUT2D eigenvalue weighted by atomic mass is 16.7. The predicted octanol–water partition coefficient (Wildman–Crippen LogP) is 1.28. The minimum atomic E-state index is -3.39. The van der Waals surface area contributed by atoms with Gasteiger partial charge in [-0.2, -0.15) is 0 Å². The van der Waals surface area contributed by atoms with E-state index < -0.39 is 32.8 Å². The van der Waals surface area contributed by atoms with Crippen LogP contribution >= 0.6 is 0 Å². The Morgan fingerprint density at radius 3 is 1.32 bits per heavy atom. The third kappa shape index (κ3) is 2.91. The summed E-state index contributed by atoms with van der Waals surface area (Å²) in [6.45, 7) is 4.60. The van der Waals surface area contributed by atoms with Crippen molar-refractivity contribution in [3.63, 3.8) is 0 Å². The molecule has 0 aliphatic carbocycles. The number of aliphatic hydroxyl groups is 3. The van der Waals surface area contributed by atoms with E-state index in [1.54, 1.807) is 0 Å². The summed E-state index contributed by atoms with van der Waals surface area (Å²) < 4.78 is 0. The molecular weight excluding hydrogens is 296 g/mol. The summed E-state index contributed by atoms with van der Waals surface area (Å²) in [5.74, 6) is -3.39. The molecule has 0 aromatic heterocycles. The van der Waals surface area contributed by atoms with E-state index in [9.17, 15) is 35.5 Å². The fourth-order valence-electron chi connectivity index (χ4n) is 2.76. The molecule has 122 valence electrons. The number of rotatable bonds is 6. The summed E-state index contributed by atoms with van der Waals surface area (Å²) in [6.07, 6.45) is 0.0440. The fraction of sp³-hybridized carbons (Fsp3) is 0.538.